The molecule has 1 aromatic rings. The van der Waals surface area contributed by atoms with Crippen molar-refractivity contribution in [3.05, 3.63) is 35.9 Å². The lowest BCUT2D eigenvalue weighted by Crippen LogP contribution is -2.47. The summed E-state index contributed by atoms with van der Waals surface area (Å²) in [6, 6.07) is 11.0. The molecule has 0 radical (unpaired) electrons. The van der Waals surface area contributed by atoms with Crippen molar-refractivity contribution in [2.45, 2.75) is 50.6 Å². The van der Waals surface area contributed by atoms with Crippen molar-refractivity contribution in [2.24, 2.45) is 10.7 Å². The fourth-order valence-electron chi connectivity index (χ4n) is 4.32. The molecule has 29 heavy (non-hydrogen) atoms. The van der Waals surface area contributed by atoms with E-state index in [1.165, 1.54) is 18.4 Å². The van der Waals surface area contributed by atoms with Gasteiger partial charge in [-0.1, -0.05) is 43.2 Å². The molecule has 0 spiro atoms. The van der Waals surface area contributed by atoms with Crippen molar-refractivity contribution in [2.75, 3.05) is 45.9 Å². The number of morpholine rings is 1. The summed E-state index contributed by atoms with van der Waals surface area (Å²) in [4.78, 5) is 7.14. The molecule has 1 heterocycles. The number of hydrogen-bond acceptors (Lipinski definition) is 4. The molecule has 3 rings (SSSR count). The van der Waals surface area contributed by atoms with Gasteiger partial charge in [0.25, 0.3) is 0 Å². The molecule has 7 heteroatoms. The monoisotopic (exact) mass is 515 g/mol. The minimum absolute atomic E-state index is 0. The van der Waals surface area contributed by atoms with Crippen LogP contribution in [0.4, 0.5) is 0 Å². The molecular weight excluding hydrogens is 477 g/mol. The van der Waals surface area contributed by atoms with Gasteiger partial charge >= 0.3 is 0 Å². The zero-order valence-corrected chi connectivity index (χ0v) is 20.1. The number of ether oxygens (including phenoxy) is 1. The van der Waals surface area contributed by atoms with E-state index in [4.69, 9.17) is 15.5 Å². The summed E-state index contributed by atoms with van der Waals surface area (Å²) in [5.41, 5.74) is 7.54. The highest BCUT2D eigenvalue weighted by Crippen LogP contribution is 2.32. The van der Waals surface area contributed by atoms with E-state index in [2.05, 4.69) is 52.8 Å². The standard InChI is InChI=1S/C22H37N5O.HI/c1-19(20-8-3-2-4-9-20)26-22(10-5-6-11-22)18-25-21(23)24-12-7-13-27-14-16-28-17-15-27;/h2-4,8-9,19,26H,5-7,10-18H2,1H3,(H3,23,24,25);1H. The summed E-state index contributed by atoms with van der Waals surface area (Å²) in [5.74, 6) is 0.572. The third-order valence-electron chi connectivity index (χ3n) is 6.00. The van der Waals surface area contributed by atoms with Gasteiger partial charge in [-0.05, 0) is 38.3 Å². The minimum Gasteiger partial charge on any atom is -0.379 e. The van der Waals surface area contributed by atoms with Crippen molar-refractivity contribution in [1.29, 1.82) is 0 Å². The maximum Gasteiger partial charge on any atom is 0.188 e. The first-order valence-corrected chi connectivity index (χ1v) is 10.8. The molecule has 2 aliphatic rings. The lowest BCUT2D eigenvalue weighted by molar-refractivity contribution is 0.0376. The SMILES string of the molecule is CC(NC1(CN=C(N)NCCCN2CCOCC2)CCCC1)c1ccccc1.I. The molecule has 1 aromatic carbocycles. The van der Waals surface area contributed by atoms with Crippen molar-refractivity contribution in [3.63, 3.8) is 0 Å². The number of aliphatic imine (C=N–C) groups is 1. The Labute approximate surface area is 193 Å². The lowest BCUT2D eigenvalue weighted by atomic mass is 9.95. The van der Waals surface area contributed by atoms with Gasteiger partial charge in [-0.15, -0.1) is 24.0 Å². The van der Waals surface area contributed by atoms with Gasteiger partial charge in [0.1, 0.15) is 0 Å². The Morgan fingerprint density at radius 1 is 1.21 bits per heavy atom. The highest BCUT2D eigenvalue weighted by atomic mass is 127. The van der Waals surface area contributed by atoms with E-state index in [-0.39, 0.29) is 29.5 Å². The topological polar surface area (TPSA) is 74.9 Å². The summed E-state index contributed by atoms with van der Waals surface area (Å²) >= 11 is 0. The number of rotatable bonds is 9. The molecule has 1 saturated carbocycles. The van der Waals surface area contributed by atoms with E-state index in [9.17, 15) is 0 Å². The maximum atomic E-state index is 6.15. The number of benzene rings is 1. The normalized spacial score (nSPS) is 20.8. The fraction of sp³-hybridized carbons (Fsp3) is 0.682. The third kappa shape index (κ3) is 8.03. The van der Waals surface area contributed by atoms with Crippen molar-refractivity contribution < 1.29 is 4.74 Å². The molecule has 0 amide bonds. The van der Waals surface area contributed by atoms with Gasteiger partial charge in [0.2, 0.25) is 0 Å². The Hall–Kier alpha value is -0.900. The molecule has 0 aromatic heterocycles. The molecular formula is C22H38IN5O. The van der Waals surface area contributed by atoms with E-state index in [0.29, 0.717) is 12.0 Å². The lowest BCUT2D eigenvalue weighted by Gasteiger charge is -2.33. The highest BCUT2D eigenvalue weighted by Gasteiger charge is 2.34. The number of halogens is 1. The summed E-state index contributed by atoms with van der Waals surface area (Å²) in [7, 11) is 0. The van der Waals surface area contributed by atoms with Crippen LogP contribution >= 0.6 is 24.0 Å². The molecule has 1 aliphatic heterocycles. The summed E-state index contributed by atoms with van der Waals surface area (Å²) in [6.45, 7) is 8.73. The van der Waals surface area contributed by atoms with Crippen LogP contribution in [0.25, 0.3) is 0 Å². The summed E-state index contributed by atoms with van der Waals surface area (Å²) in [6.07, 6.45) is 5.93. The number of nitrogens with zero attached hydrogens (tertiary/aromatic N) is 2. The van der Waals surface area contributed by atoms with Crippen molar-refractivity contribution in [3.8, 4) is 0 Å². The van der Waals surface area contributed by atoms with Gasteiger partial charge in [0, 0.05) is 31.2 Å². The van der Waals surface area contributed by atoms with Crippen LogP contribution in [0.1, 0.15) is 50.6 Å². The summed E-state index contributed by atoms with van der Waals surface area (Å²) < 4.78 is 5.39. The van der Waals surface area contributed by atoms with Crippen LogP contribution in [-0.4, -0.2) is 62.3 Å². The minimum atomic E-state index is 0. The van der Waals surface area contributed by atoms with E-state index in [1.807, 2.05) is 0 Å². The second-order valence-electron chi connectivity index (χ2n) is 8.20. The van der Waals surface area contributed by atoms with Crippen LogP contribution in [0, 0.1) is 0 Å². The molecule has 6 nitrogen and oxygen atoms in total. The van der Waals surface area contributed by atoms with Crippen LogP contribution < -0.4 is 16.4 Å². The fourth-order valence-corrected chi connectivity index (χ4v) is 4.32. The second-order valence-corrected chi connectivity index (χ2v) is 8.20. The van der Waals surface area contributed by atoms with E-state index in [0.717, 1.165) is 65.2 Å². The van der Waals surface area contributed by atoms with Gasteiger partial charge in [-0.2, -0.15) is 0 Å². The smallest absolute Gasteiger partial charge is 0.188 e. The Kier molecular flexibility index (Phi) is 10.7. The average Bonchev–Trinajstić information content (AvgIpc) is 3.20. The predicted octanol–water partition coefficient (Wildman–Crippen LogP) is 2.89. The second kappa shape index (κ2) is 12.7. The Bertz CT molecular complexity index is 600. The molecule has 1 atom stereocenters. The Balaban J connectivity index is 0.00000300. The van der Waals surface area contributed by atoms with Gasteiger partial charge < -0.3 is 21.1 Å². The molecule has 2 fully saturated rings. The van der Waals surface area contributed by atoms with E-state index < -0.39 is 0 Å². The predicted molar refractivity (Wildman–Crippen MR) is 131 cm³/mol. The largest absolute Gasteiger partial charge is 0.379 e. The van der Waals surface area contributed by atoms with Gasteiger partial charge in [0.05, 0.1) is 19.8 Å². The molecule has 4 N–H and O–H groups in total. The number of hydrogen-bond donors (Lipinski definition) is 3. The zero-order valence-electron chi connectivity index (χ0n) is 17.7. The van der Waals surface area contributed by atoms with E-state index in [1.54, 1.807) is 0 Å². The van der Waals surface area contributed by atoms with Gasteiger partial charge in [0.15, 0.2) is 5.96 Å². The summed E-state index contributed by atoms with van der Waals surface area (Å²) in [5, 5.41) is 7.16. The van der Waals surface area contributed by atoms with Crippen LogP contribution in [0.5, 0.6) is 0 Å². The number of nitrogens with two attached hydrogens (primary N) is 1. The van der Waals surface area contributed by atoms with Gasteiger partial charge in [-0.3, -0.25) is 9.89 Å². The van der Waals surface area contributed by atoms with Crippen molar-refractivity contribution >= 4 is 29.9 Å². The first kappa shape index (κ1) is 24.4. The number of nitrogens with one attached hydrogen (secondary N) is 2. The molecule has 164 valence electrons. The molecule has 0 bridgehead atoms. The first-order valence-electron chi connectivity index (χ1n) is 10.8. The van der Waals surface area contributed by atoms with Gasteiger partial charge in [-0.25, -0.2) is 0 Å². The van der Waals surface area contributed by atoms with Crippen LogP contribution in [0.15, 0.2) is 35.3 Å². The number of guanidine groups is 1. The average molecular weight is 515 g/mol. The molecule has 1 saturated heterocycles. The molecule has 1 aliphatic carbocycles. The quantitative estimate of drug-likeness (QED) is 0.204. The Morgan fingerprint density at radius 3 is 2.59 bits per heavy atom. The van der Waals surface area contributed by atoms with Crippen LogP contribution in [-0.2, 0) is 4.74 Å². The zero-order chi connectivity index (χ0) is 19.7. The highest BCUT2D eigenvalue weighted by molar-refractivity contribution is 14.0. The third-order valence-corrected chi connectivity index (χ3v) is 6.00. The van der Waals surface area contributed by atoms with Crippen LogP contribution in [0.2, 0.25) is 0 Å². The maximum absolute atomic E-state index is 6.15. The first-order chi connectivity index (χ1) is 13.7. The van der Waals surface area contributed by atoms with E-state index >= 15 is 0 Å². The molecule has 1 unspecified atom stereocenters. The Morgan fingerprint density at radius 2 is 1.90 bits per heavy atom. The van der Waals surface area contributed by atoms with Crippen LogP contribution in [0.3, 0.4) is 0 Å². The van der Waals surface area contributed by atoms with Crippen molar-refractivity contribution in [1.82, 2.24) is 15.5 Å².